The molecule has 1 aliphatic carbocycles. The number of fused-ring (bicyclic) bond motifs is 4. The summed E-state index contributed by atoms with van der Waals surface area (Å²) in [5.41, 5.74) is 5.02. The molecule has 2 N–H and O–H groups in total. The minimum absolute atomic E-state index is 0.0903. The summed E-state index contributed by atoms with van der Waals surface area (Å²) in [6.45, 7) is 3.77. The minimum Gasteiger partial charge on any atom is -0.494 e. The SMILES string of the molecule is Cn1c2ccncc2c2ccc(-c3ccc(O[C@H]4C[C@H](NC5CCN(CCCCCOc6ccc7c(c6)C(=O)N(C6CCC(=O)NC6=O)C7=O)CC5)C4)nc3)cc21. The lowest BCUT2D eigenvalue weighted by Gasteiger charge is -2.40. The Bertz CT molecular complexity index is 2340. The summed E-state index contributed by atoms with van der Waals surface area (Å²) >= 11 is 0. The molecule has 3 fully saturated rings. The standard InChI is InChI=1S/C44H47N7O6/c1-49-37-13-16-45-26-36(37)33-8-5-27(21-39(33)49)28-6-12-41(46-25-28)57-32-22-30(23-32)47-29-14-18-50(19-15-29)17-3-2-4-20-56-31-7-9-34-35(24-31)44(55)51(43(34)54)38-10-11-40(52)48-42(38)53/h5-9,12-13,16,21,24-26,29-30,32,38,47H,2-4,10-11,14-15,17-20,22-23H2,1H3,(H,48,52,53)/t30-,32-,38?. The lowest BCUT2D eigenvalue weighted by molar-refractivity contribution is -0.136. The topological polar surface area (TPSA) is 148 Å². The summed E-state index contributed by atoms with van der Waals surface area (Å²) in [6, 6.07) is 17.6. The maximum absolute atomic E-state index is 13.1. The minimum atomic E-state index is -0.977. The number of nitrogens with zero attached hydrogens (tertiary/aromatic N) is 5. The highest BCUT2D eigenvalue weighted by Crippen LogP contribution is 2.33. The summed E-state index contributed by atoms with van der Waals surface area (Å²) in [5.74, 6) is -0.853. The summed E-state index contributed by atoms with van der Waals surface area (Å²) in [7, 11) is 2.09. The first-order valence-corrected chi connectivity index (χ1v) is 20.2. The maximum atomic E-state index is 13.1. The van der Waals surface area contributed by atoms with E-state index in [-0.39, 0.29) is 30.1 Å². The number of ether oxygens (including phenoxy) is 2. The number of hydrogen-bond donors (Lipinski definition) is 2. The van der Waals surface area contributed by atoms with Gasteiger partial charge in [0, 0.05) is 72.1 Å². The average Bonchev–Trinajstić information content (AvgIpc) is 3.64. The Kier molecular flexibility index (Phi) is 10.2. The van der Waals surface area contributed by atoms with Crippen LogP contribution in [-0.4, -0.2) is 98.4 Å². The smallest absolute Gasteiger partial charge is 0.262 e. The number of carbonyl (C=O) groups is 4. The van der Waals surface area contributed by atoms with Gasteiger partial charge < -0.3 is 24.3 Å². The first-order valence-electron chi connectivity index (χ1n) is 20.2. The molecule has 0 bridgehead atoms. The van der Waals surface area contributed by atoms with Crippen LogP contribution in [-0.2, 0) is 16.6 Å². The molecule has 3 aliphatic heterocycles. The number of piperidine rings is 2. The van der Waals surface area contributed by atoms with Gasteiger partial charge in [0.15, 0.2) is 0 Å². The average molecular weight is 770 g/mol. The highest BCUT2D eigenvalue weighted by molar-refractivity contribution is 6.23. The molecule has 5 aromatic rings. The largest absolute Gasteiger partial charge is 0.494 e. The van der Waals surface area contributed by atoms with Crippen molar-refractivity contribution >= 4 is 45.4 Å². The van der Waals surface area contributed by atoms with Gasteiger partial charge in [-0.15, -0.1) is 0 Å². The van der Waals surface area contributed by atoms with Crippen LogP contribution < -0.4 is 20.1 Å². The van der Waals surface area contributed by atoms with Gasteiger partial charge in [0.05, 0.1) is 23.3 Å². The number of likely N-dealkylation sites (tertiary alicyclic amines) is 1. The zero-order valence-electron chi connectivity index (χ0n) is 32.1. The number of nitrogens with one attached hydrogen (secondary N) is 2. The molecule has 13 heteroatoms. The molecule has 3 aromatic heterocycles. The molecule has 1 unspecified atom stereocenters. The molecule has 1 saturated carbocycles. The molecule has 4 aliphatic rings. The second kappa shape index (κ2) is 15.7. The molecule has 294 valence electrons. The number of amides is 4. The Morgan fingerprint density at radius 1 is 0.807 bits per heavy atom. The van der Waals surface area contributed by atoms with Crippen molar-refractivity contribution in [2.24, 2.45) is 7.05 Å². The number of carbonyl (C=O) groups excluding carboxylic acids is 4. The highest BCUT2D eigenvalue weighted by atomic mass is 16.5. The van der Waals surface area contributed by atoms with E-state index in [1.54, 1.807) is 18.2 Å². The van der Waals surface area contributed by atoms with Crippen molar-refractivity contribution in [3.05, 3.63) is 84.3 Å². The Labute approximate surface area is 330 Å². The van der Waals surface area contributed by atoms with Crippen molar-refractivity contribution in [3.63, 3.8) is 0 Å². The van der Waals surface area contributed by atoms with Crippen molar-refractivity contribution in [2.75, 3.05) is 26.2 Å². The highest BCUT2D eigenvalue weighted by Gasteiger charge is 2.44. The van der Waals surface area contributed by atoms with Crippen LogP contribution in [0.25, 0.3) is 32.9 Å². The van der Waals surface area contributed by atoms with Crippen LogP contribution in [0, 0.1) is 0 Å². The molecule has 0 radical (unpaired) electrons. The van der Waals surface area contributed by atoms with Crippen LogP contribution in [0.3, 0.4) is 0 Å². The number of imide groups is 2. The van der Waals surface area contributed by atoms with Crippen LogP contribution in [0.15, 0.2) is 73.2 Å². The first kappa shape index (κ1) is 36.9. The van der Waals surface area contributed by atoms with E-state index >= 15 is 0 Å². The van der Waals surface area contributed by atoms with Gasteiger partial charge in [0.25, 0.3) is 11.8 Å². The Morgan fingerprint density at radius 3 is 2.44 bits per heavy atom. The van der Waals surface area contributed by atoms with E-state index in [2.05, 4.69) is 67.4 Å². The maximum Gasteiger partial charge on any atom is 0.262 e. The molecule has 6 heterocycles. The number of hydrogen-bond acceptors (Lipinski definition) is 10. The van der Waals surface area contributed by atoms with E-state index in [4.69, 9.17) is 9.47 Å². The number of aryl methyl sites for hydroxylation is 1. The van der Waals surface area contributed by atoms with Crippen LogP contribution >= 0.6 is 0 Å². The summed E-state index contributed by atoms with van der Waals surface area (Å²) < 4.78 is 14.4. The molecule has 2 aromatic carbocycles. The zero-order valence-corrected chi connectivity index (χ0v) is 32.1. The zero-order chi connectivity index (χ0) is 39.0. The van der Waals surface area contributed by atoms with E-state index in [1.807, 2.05) is 24.7 Å². The van der Waals surface area contributed by atoms with E-state index < -0.39 is 29.7 Å². The number of rotatable bonds is 13. The van der Waals surface area contributed by atoms with Crippen LogP contribution in [0.1, 0.15) is 78.5 Å². The molecule has 2 saturated heterocycles. The monoisotopic (exact) mass is 769 g/mol. The fourth-order valence-corrected chi connectivity index (χ4v) is 8.82. The van der Waals surface area contributed by atoms with Gasteiger partial charge in [-0.2, -0.15) is 0 Å². The molecule has 13 nitrogen and oxygen atoms in total. The van der Waals surface area contributed by atoms with Gasteiger partial charge in [0.1, 0.15) is 17.9 Å². The fraction of sp³-hybridized carbons (Fsp3) is 0.409. The van der Waals surface area contributed by atoms with Gasteiger partial charge >= 0.3 is 0 Å². The van der Waals surface area contributed by atoms with E-state index in [0.29, 0.717) is 30.3 Å². The van der Waals surface area contributed by atoms with Crippen molar-refractivity contribution in [1.29, 1.82) is 0 Å². The molecular formula is C44H47N7O6. The van der Waals surface area contributed by atoms with Crippen molar-refractivity contribution < 1.29 is 28.7 Å². The molecule has 57 heavy (non-hydrogen) atoms. The summed E-state index contributed by atoms with van der Waals surface area (Å²) in [6.07, 6.45) is 13.4. The third kappa shape index (κ3) is 7.49. The Hall–Kier alpha value is -5.66. The molecule has 0 spiro atoms. The molecule has 1 atom stereocenters. The number of unbranched alkanes of at least 4 members (excludes halogenated alkanes) is 2. The van der Waals surface area contributed by atoms with Gasteiger partial charge in [-0.05, 0) is 113 Å². The van der Waals surface area contributed by atoms with Crippen molar-refractivity contribution in [3.8, 4) is 22.8 Å². The summed E-state index contributed by atoms with van der Waals surface area (Å²) in [4.78, 5) is 62.3. The lowest BCUT2D eigenvalue weighted by atomic mass is 9.87. The van der Waals surface area contributed by atoms with E-state index in [9.17, 15) is 19.2 Å². The third-order valence-corrected chi connectivity index (χ3v) is 12.1. The predicted molar refractivity (Wildman–Crippen MR) is 214 cm³/mol. The quantitative estimate of drug-likeness (QED) is 0.118. The lowest BCUT2D eigenvalue weighted by Crippen LogP contribution is -2.54. The number of pyridine rings is 2. The van der Waals surface area contributed by atoms with Gasteiger partial charge in [-0.1, -0.05) is 12.1 Å². The summed E-state index contributed by atoms with van der Waals surface area (Å²) in [5, 5.41) is 8.46. The second-order valence-electron chi connectivity index (χ2n) is 15.8. The number of aromatic nitrogens is 3. The molecular weight excluding hydrogens is 723 g/mol. The molecule has 4 amide bonds. The van der Waals surface area contributed by atoms with Gasteiger partial charge in [0.2, 0.25) is 17.7 Å². The second-order valence-corrected chi connectivity index (χ2v) is 15.8. The Balaban J connectivity index is 0.648. The van der Waals surface area contributed by atoms with Crippen molar-refractivity contribution in [2.45, 2.75) is 82.0 Å². The van der Waals surface area contributed by atoms with Crippen LogP contribution in [0.5, 0.6) is 11.6 Å². The van der Waals surface area contributed by atoms with Crippen LogP contribution in [0.4, 0.5) is 0 Å². The fourth-order valence-electron chi connectivity index (χ4n) is 8.82. The van der Waals surface area contributed by atoms with Crippen molar-refractivity contribution in [1.82, 2.24) is 35.0 Å². The number of benzene rings is 2. The molecule has 9 rings (SSSR count). The van der Waals surface area contributed by atoms with E-state index in [1.165, 1.54) is 16.4 Å². The predicted octanol–water partition coefficient (Wildman–Crippen LogP) is 5.40. The van der Waals surface area contributed by atoms with Gasteiger partial charge in [-0.25, -0.2) is 4.98 Å². The third-order valence-electron chi connectivity index (χ3n) is 12.1. The van der Waals surface area contributed by atoms with Gasteiger partial charge in [-0.3, -0.25) is 34.4 Å². The Morgan fingerprint density at radius 2 is 1.63 bits per heavy atom. The van der Waals surface area contributed by atoms with Crippen LogP contribution in [0.2, 0.25) is 0 Å². The normalized spacial score (nSPS) is 21.6. The van der Waals surface area contributed by atoms with E-state index in [0.717, 1.165) is 86.0 Å². The first-order chi connectivity index (χ1) is 27.8.